The molecule has 2 aromatic carbocycles. The maximum absolute atomic E-state index is 13.4. The van der Waals surface area contributed by atoms with Gasteiger partial charge in [0.1, 0.15) is 18.2 Å². The van der Waals surface area contributed by atoms with Crippen LogP contribution in [0.25, 0.3) is 6.08 Å². The van der Waals surface area contributed by atoms with Gasteiger partial charge in [0.25, 0.3) is 5.91 Å². The summed E-state index contributed by atoms with van der Waals surface area (Å²) in [4.78, 5) is 14.4. The minimum absolute atomic E-state index is 0.0928. The second-order valence-corrected chi connectivity index (χ2v) is 7.52. The maximum Gasteiger partial charge on any atom is 0.253 e. The average molecular weight is 365 g/mol. The van der Waals surface area contributed by atoms with E-state index in [1.165, 1.54) is 43.4 Å². The molecule has 0 radical (unpaired) electrons. The highest BCUT2D eigenvalue weighted by atomic mass is 19.1. The van der Waals surface area contributed by atoms with Gasteiger partial charge in [0, 0.05) is 19.2 Å². The average Bonchev–Trinajstić information content (AvgIpc) is 3.22. The first-order valence-corrected chi connectivity index (χ1v) is 9.57. The first-order valence-electron chi connectivity index (χ1n) is 9.57. The molecule has 2 aromatic rings. The third-order valence-electron chi connectivity index (χ3n) is 5.53. The van der Waals surface area contributed by atoms with Crippen LogP contribution in [-0.2, 0) is 11.3 Å². The SMILES string of the molecule is CN(Cc1ccc(C2CCCC2)cc1)C(=O)C1=Cc2cc(F)ccc2OC1. The van der Waals surface area contributed by atoms with Crippen LogP contribution in [0.15, 0.2) is 48.0 Å². The quantitative estimate of drug-likeness (QED) is 0.770. The molecule has 27 heavy (non-hydrogen) atoms. The van der Waals surface area contributed by atoms with E-state index in [0.717, 1.165) is 5.56 Å². The van der Waals surface area contributed by atoms with E-state index in [1.54, 1.807) is 24.1 Å². The second-order valence-electron chi connectivity index (χ2n) is 7.52. The van der Waals surface area contributed by atoms with Crippen molar-refractivity contribution in [3.8, 4) is 5.75 Å². The number of benzene rings is 2. The van der Waals surface area contributed by atoms with E-state index in [0.29, 0.717) is 29.3 Å². The molecule has 2 aliphatic rings. The fourth-order valence-corrected chi connectivity index (χ4v) is 4.02. The van der Waals surface area contributed by atoms with Gasteiger partial charge in [-0.1, -0.05) is 37.1 Å². The van der Waals surface area contributed by atoms with Crippen LogP contribution in [0.1, 0.15) is 48.3 Å². The van der Waals surface area contributed by atoms with E-state index >= 15 is 0 Å². The van der Waals surface area contributed by atoms with Gasteiger partial charge in [0.05, 0.1) is 5.57 Å². The Morgan fingerprint density at radius 3 is 2.63 bits per heavy atom. The summed E-state index contributed by atoms with van der Waals surface area (Å²) < 4.78 is 19.0. The summed E-state index contributed by atoms with van der Waals surface area (Å²) in [5.74, 6) is 0.879. The molecular weight excluding hydrogens is 341 g/mol. The summed E-state index contributed by atoms with van der Waals surface area (Å²) >= 11 is 0. The number of hydrogen-bond acceptors (Lipinski definition) is 2. The molecule has 0 atom stereocenters. The van der Waals surface area contributed by atoms with Gasteiger partial charge < -0.3 is 9.64 Å². The number of amides is 1. The highest BCUT2D eigenvalue weighted by Crippen LogP contribution is 2.34. The van der Waals surface area contributed by atoms with Gasteiger partial charge in [-0.05, 0) is 54.2 Å². The molecule has 0 saturated heterocycles. The molecule has 1 heterocycles. The predicted octanol–water partition coefficient (Wildman–Crippen LogP) is 4.92. The third kappa shape index (κ3) is 3.90. The molecule has 0 aromatic heterocycles. The molecule has 3 nitrogen and oxygen atoms in total. The van der Waals surface area contributed by atoms with E-state index in [9.17, 15) is 9.18 Å². The lowest BCUT2D eigenvalue weighted by atomic mass is 9.96. The van der Waals surface area contributed by atoms with Crippen molar-refractivity contribution in [3.63, 3.8) is 0 Å². The highest BCUT2D eigenvalue weighted by molar-refractivity contribution is 5.99. The Labute approximate surface area is 159 Å². The van der Waals surface area contributed by atoms with Crippen LogP contribution in [0.2, 0.25) is 0 Å². The summed E-state index contributed by atoms with van der Waals surface area (Å²) in [5, 5.41) is 0. The van der Waals surface area contributed by atoms with E-state index in [1.807, 2.05) is 0 Å². The number of likely N-dealkylation sites (N-methyl/N-ethyl adjacent to an activating group) is 1. The third-order valence-corrected chi connectivity index (χ3v) is 5.53. The zero-order valence-electron chi connectivity index (χ0n) is 15.6. The number of ether oxygens (including phenoxy) is 1. The number of rotatable bonds is 4. The van der Waals surface area contributed by atoms with Crippen molar-refractivity contribution in [2.45, 2.75) is 38.1 Å². The largest absolute Gasteiger partial charge is 0.488 e. The van der Waals surface area contributed by atoms with Crippen LogP contribution in [-0.4, -0.2) is 24.5 Å². The van der Waals surface area contributed by atoms with Crippen molar-refractivity contribution in [1.82, 2.24) is 4.90 Å². The van der Waals surface area contributed by atoms with Crippen molar-refractivity contribution in [3.05, 3.63) is 70.5 Å². The first kappa shape index (κ1) is 17.8. The van der Waals surface area contributed by atoms with Gasteiger partial charge in [-0.25, -0.2) is 4.39 Å². The Hall–Kier alpha value is -2.62. The fraction of sp³-hybridized carbons (Fsp3) is 0.348. The van der Waals surface area contributed by atoms with Gasteiger partial charge in [-0.3, -0.25) is 4.79 Å². The maximum atomic E-state index is 13.4. The fourth-order valence-electron chi connectivity index (χ4n) is 4.02. The summed E-state index contributed by atoms with van der Waals surface area (Å²) in [6.07, 6.45) is 6.95. The molecule has 0 spiro atoms. The van der Waals surface area contributed by atoms with Crippen LogP contribution in [0.3, 0.4) is 0 Å². The number of fused-ring (bicyclic) bond motifs is 1. The summed E-state index contributed by atoms with van der Waals surface area (Å²) in [6.45, 7) is 0.750. The molecule has 4 rings (SSSR count). The predicted molar refractivity (Wildman–Crippen MR) is 104 cm³/mol. The molecule has 1 aliphatic heterocycles. The van der Waals surface area contributed by atoms with Crippen molar-refractivity contribution in [2.75, 3.05) is 13.7 Å². The molecule has 140 valence electrons. The molecule has 1 amide bonds. The lowest BCUT2D eigenvalue weighted by Gasteiger charge is -2.23. The Kier molecular flexibility index (Phi) is 4.97. The molecule has 4 heteroatoms. The van der Waals surface area contributed by atoms with Crippen molar-refractivity contribution in [2.24, 2.45) is 0 Å². The van der Waals surface area contributed by atoms with Crippen LogP contribution in [0.5, 0.6) is 5.75 Å². The molecular formula is C23H24FNO2. The summed E-state index contributed by atoms with van der Waals surface area (Å²) in [7, 11) is 1.79. The molecule has 0 unspecified atom stereocenters. The smallest absolute Gasteiger partial charge is 0.253 e. The topological polar surface area (TPSA) is 29.5 Å². The zero-order chi connectivity index (χ0) is 18.8. The zero-order valence-corrected chi connectivity index (χ0v) is 15.6. The molecule has 1 fully saturated rings. The van der Waals surface area contributed by atoms with Crippen LogP contribution >= 0.6 is 0 Å². The monoisotopic (exact) mass is 365 g/mol. The van der Waals surface area contributed by atoms with Crippen LogP contribution < -0.4 is 4.74 Å². The minimum atomic E-state index is -0.335. The Morgan fingerprint density at radius 1 is 1.15 bits per heavy atom. The Morgan fingerprint density at radius 2 is 1.89 bits per heavy atom. The second kappa shape index (κ2) is 7.55. The Balaban J connectivity index is 1.43. The van der Waals surface area contributed by atoms with Crippen molar-refractivity contribution < 1.29 is 13.9 Å². The Bertz CT molecular complexity index is 866. The van der Waals surface area contributed by atoms with Crippen LogP contribution in [0.4, 0.5) is 4.39 Å². The van der Waals surface area contributed by atoms with Gasteiger partial charge in [0.2, 0.25) is 0 Å². The normalized spacial score (nSPS) is 16.4. The van der Waals surface area contributed by atoms with Gasteiger partial charge in [0.15, 0.2) is 0 Å². The number of carbonyl (C=O) groups excluding carboxylic acids is 1. The van der Waals surface area contributed by atoms with Crippen LogP contribution in [0, 0.1) is 5.82 Å². The molecule has 1 aliphatic carbocycles. The molecule has 0 N–H and O–H groups in total. The molecule has 0 bridgehead atoms. The van der Waals surface area contributed by atoms with Gasteiger partial charge in [-0.2, -0.15) is 0 Å². The van der Waals surface area contributed by atoms with E-state index < -0.39 is 0 Å². The van der Waals surface area contributed by atoms with E-state index in [-0.39, 0.29) is 18.3 Å². The van der Waals surface area contributed by atoms with Gasteiger partial charge in [-0.15, -0.1) is 0 Å². The summed E-state index contributed by atoms with van der Waals surface area (Å²) in [5.41, 5.74) is 3.67. The van der Waals surface area contributed by atoms with E-state index in [2.05, 4.69) is 24.3 Å². The molecule has 1 saturated carbocycles. The summed E-state index contributed by atoms with van der Waals surface area (Å²) in [6, 6.07) is 13.0. The van der Waals surface area contributed by atoms with Crippen molar-refractivity contribution >= 4 is 12.0 Å². The number of hydrogen-bond donors (Lipinski definition) is 0. The number of nitrogens with zero attached hydrogens (tertiary/aromatic N) is 1. The lowest BCUT2D eigenvalue weighted by molar-refractivity contribution is -0.126. The standard InChI is InChI=1S/C23H24FNO2/c1-25(14-16-6-8-18(9-7-16)17-4-2-3-5-17)23(26)20-12-19-13-21(24)10-11-22(19)27-15-20/h6-13,17H,2-5,14-15H2,1H3. The van der Waals surface area contributed by atoms with E-state index in [4.69, 9.17) is 4.74 Å². The minimum Gasteiger partial charge on any atom is -0.488 e. The first-order chi connectivity index (χ1) is 13.1. The number of carbonyl (C=O) groups is 1. The lowest BCUT2D eigenvalue weighted by Crippen LogP contribution is -2.30. The van der Waals surface area contributed by atoms with Crippen molar-refractivity contribution in [1.29, 1.82) is 0 Å². The highest BCUT2D eigenvalue weighted by Gasteiger charge is 2.21. The number of halogens is 1. The van der Waals surface area contributed by atoms with Gasteiger partial charge >= 0.3 is 0 Å².